The molecule has 0 N–H and O–H groups in total. The molecule has 0 amide bonds. The van der Waals surface area contributed by atoms with Crippen molar-refractivity contribution in [1.82, 2.24) is 0 Å². The molecule has 0 saturated heterocycles. The molecule has 0 aromatic heterocycles. The van der Waals surface area contributed by atoms with Crippen LogP contribution in [-0.2, 0) is 0 Å². The Morgan fingerprint density at radius 3 is 2.00 bits per heavy atom. The summed E-state index contributed by atoms with van der Waals surface area (Å²) in [4.78, 5) is 5.14. The Balaban J connectivity index is 2.28. The number of hydrogen-bond acceptors (Lipinski definition) is 1. The van der Waals surface area contributed by atoms with Crippen LogP contribution < -0.4 is 0 Å². The topological polar surface area (TPSA) is 0 Å². The van der Waals surface area contributed by atoms with Crippen LogP contribution in [0.25, 0.3) is 4.91 Å². The molecule has 0 atom stereocenters. The molecular weight excluding hydrogens is 303 g/mol. The molecule has 0 fully saturated rings. The quantitative estimate of drug-likeness (QED) is 0.557. The van der Waals surface area contributed by atoms with E-state index in [1.807, 2.05) is 11.8 Å². The molecule has 0 aliphatic carbocycles. The molecule has 0 nitrogen and oxygen atoms in total. The first-order valence-corrected chi connectivity index (χ1v) is 11.1. The number of rotatable bonds is 4. The van der Waals surface area contributed by atoms with Crippen molar-refractivity contribution >= 4 is 30.6 Å². The molecule has 2 aromatic carbocycles. The zero-order valence-corrected chi connectivity index (χ0v) is 13.2. The summed E-state index contributed by atoms with van der Waals surface area (Å²) in [7, 11) is 0. The Morgan fingerprint density at radius 2 is 1.44 bits per heavy atom. The molecule has 0 radical (unpaired) electrons. The third kappa shape index (κ3) is 4.06. The van der Waals surface area contributed by atoms with E-state index in [0.29, 0.717) is 0 Å². The first kappa shape index (κ1) is 13.5. The van der Waals surface area contributed by atoms with Crippen molar-refractivity contribution in [2.24, 2.45) is 0 Å². The van der Waals surface area contributed by atoms with Crippen LogP contribution in [0.2, 0.25) is 11.6 Å². The molecule has 0 heterocycles. The van der Waals surface area contributed by atoms with Gasteiger partial charge in [0, 0.05) is 0 Å². The van der Waals surface area contributed by atoms with Crippen molar-refractivity contribution < 1.29 is 0 Å². The summed E-state index contributed by atoms with van der Waals surface area (Å²) in [5.74, 6) is 4.68. The molecule has 0 saturated carbocycles. The van der Waals surface area contributed by atoms with Crippen LogP contribution in [0.4, 0.5) is 0 Å². The van der Waals surface area contributed by atoms with Crippen molar-refractivity contribution in [3.05, 3.63) is 71.2 Å². The van der Waals surface area contributed by atoms with Crippen LogP contribution in [0.3, 0.4) is 0 Å². The van der Waals surface area contributed by atoms with Crippen LogP contribution in [0, 0.1) is 0 Å². The van der Waals surface area contributed by atoms with Gasteiger partial charge in [-0.15, -0.1) is 0 Å². The molecule has 0 bridgehead atoms. The molecule has 92 valence electrons. The average Bonchev–Trinajstić information content (AvgIpc) is 2.40. The minimum atomic E-state index is -0.595. The first-order chi connectivity index (χ1) is 8.75. The van der Waals surface area contributed by atoms with Crippen LogP contribution in [0.15, 0.2) is 70.5 Å². The molecule has 0 spiro atoms. The SMILES string of the molecule is C[Se+](C)/C=C(\Sc1ccccc1)c1ccccc1. The van der Waals surface area contributed by atoms with Crippen LogP contribution in [0.1, 0.15) is 5.56 Å². The van der Waals surface area contributed by atoms with Crippen molar-refractivity contribution in [2.45, 2.75) is 16.5 Å². The third-order valence-electron chi connectivity index (χ3n) is 2.37. The van der Waals surface area contributed by atoms with Gasteiger partial charge in [-0.2, -0.15) is 0 Å². The van der Waals surface area contributed by atoms with Gasteiger partial charge in [-0.1, -0.05) is 0 Å². The summed E-state index contributed by atoms with van der Waals surface area (Å²) >= 11 is 1.27. The molecular formula is C16H17SSe+. The fraction of sp³-hybridized carbons (Fsp3) is 0.125. The summed E-state index contributed by atoms with van der Waals surface area (Å²) < 4.78 is 0. The molecule has 0 unspecified atom stereocenters. The number of hydrogen-bond donors (Lipinski definition) is 0. The fourth-order valence-electron chi connectivity index (χ4n) is 1.58. The molecule has 2 heteroatoms. The van der Waals surface area contributed by atoms with E-state index < -0.39 is 13.9 Å². The van der Waals surface area contributed by atoms with Gasteiger partial charge in [-0.25, -0.2) is 0 Å². The minimum absolute atomic E-state index is 0.595. The predicted molar refractivity (Wildman–Crippen MR) is 84.2 cm³/mol. The Bertz CT molecular complexity index is 503. The monoisotopic (exact) mass is 321 g/mol. The zero-order valence-electron chi connectivity index (χ0n) is 10.7. The normalized spacial score (nSPS) is 11.8. The summed E-state index contributed by atoms with van der Waals surface area (Å²) in [5.41, 5.74) is 1.32. The zero-order chi connectivity index (χ0) is 12.8. The van der Waals surface area contributed by atoms with Crippen LogP contribution in [0.5, 0.6) is 0 Å². The second-order valence-corrected chi connectivity index (χ2v) is 9.44. The summed E-state index contributed by atoms with van der Waals surface area (Å²) in [5, 5.41) is 0. The predicted octanol–water partition coefficient (Wildman–Crippen LogP) is 5.11. The van der Waals surface area contributed by atoms with Crippen molar-refractivity contribution in [1.29, 1.82) is 0 Å². The fourth-order valence-corrected chi connectivity index (χ4v) is 4.92. The van der Waals surface area contributed by atoms with Gasteiger partial charge in [0.05, 0.1) is 0 Å². The van der Waals surface area contributed by atoms with Crippen molar-refractivity contribution in [3.63, 3.8) is 0 Å². The van der Waals surface area contributed by atoms with E-state index in [1.54, 1.807) is 0 Å². The third-order valence-corrected chi connectivity index (χ3v) is 5.27. The van der Waals surface area contributed by atoms with Crippen LogP contribution >= 0.6 is 11.8 Å². The second-order valence-electron chi connectivity index (χ2n) is 4.14. The standard InChI is InChI=1S/C16H17SSe/c1-18(2)13-16(14-9-5-3-6-10-14)17-15-11-7-4-8-12-15/h3-13H,1-2H3/q+1/b16-13-. The summed E-state index contributed by atoms with van der Waals surface area (Å²) in [6.45, 7) is 0. The van der Waals surface area contributed by atoms with Crippen molar-refractivity contribution in [3.8, 4) is 0 Å². The first-order valence-electron chi connectivity index (χ1n) is 5.82. The average molecular weight is 320 g/mol. The van der Waals surface area contributed by atoms with E-state index in [-0.39, 0.29) is 0 Å². The Hall–Kier alpha value is -0.951. The van der Waals surface area contributed by atoms with Crippen molar-refractivity contribution in [2.75, 3.05) is 0 Å². The van der Waals surface area contributed by atoms with Gasteiger partial charge in [-0.3, -0.25) is 0 Å². The van der Waals surface area contributed by atoms with Gasteiger partial charge in [0.1, 0.15) is 0 Å². The molecule has 0 aliphatic rings. The maximum atomic E-state index is 2.45. The Kier molecular flexibility index (Phi) is 5.12. The van der Waals surface area contributed by atoms with Gasteiger partial charge in [-0.05, 0) is 0 Å². The van der Waals surface area contributed by atoms with E-state index >= 15 is 0 Å². The number of thioether (sulfide) groups is 1. The molecule has 0 aliphatic heterocycles. The van der Waals surface area contributed by atoms with E-state index in [0.717, 1.165) is 0 Å². The van der Waals surface area contributed by atoms with Gasteiger partial charge in [0.2, 0.25) is 0 Å². The van der Waals surface area contributed by atoms with Gasteiger partial charge < -0.3 is 0 Å². The Labute approximate surface area is 118 Å². The van der Waals surface area contributed by atoms with E-state index in [9.17, 15) is 0 Å². The molecule has 2 rings (SSSR count). The van der Waals surface area contributed by atoms with E-state index in [1.165, 1.54) is 15.4 Å². The molecule has 2 aromatic rings. The van der Waals surface area contributed by atoms with E-state index in [4.69, 9.17) is 0 Å². The van der Waals surface area contributed by atoms with Crippen LogP contribution in [-0.4, -0.2) is 13.9 Å². The Morgan fingerprint density at radius 1 is 0.889 bits per heavy atom. The van der Waals surface area contributed by atoms with Gasteiger partial charge in [0.25, 0.3) is 0 Å². The summed E-state index contributed by atoms with van der Waals surface area (Å²) in [6, 6.07) is 21.2. The molecule has 18 heavy (non-hydrogen) atoms. The second kappa shape index (κ2) is 6.84. The van der Waals surface area contributed by atoms with E-state index in [2.05, 4.69) is 77.3 Å². The maximum absolute atomic E-state index is 2.45. The van der Waals surface area contributed by atoms with Gasteiger partial charge in [0.15, 0.2) is 0 Å². The number of benzene rings is 2. The summed E-state index contributed by atoms with van der Waals surface area (Å²) in [6.07, 6.45) is 0. The van der Waals surface area contributed by atoms with Gasteiger partial charge >= 0.3 is 118 Å².